The number of benzene rings is 1. The standard InChI is InChI=1S/C18H26N2O2/c1-12(21)19-14-7-5-6-13(10-14)11-20(4)16-15-8-9-22-17(15)18(16,2)3/h5-7,10,15-17H,8-9,11H2,1-4H3,(H,19,21)/t15-,16-,17+/m1/s1. The zero-order valence-electron chi connectivity index (χ0n) is 13.9. The summed E-state index contributed by atoms with van der Waals surface area (Å²) in [4.78, 5) is 13.6. The lowest BCUT2D eigenvalue weighted by molar-refractivity contribution is -0.151. The fraction of sp³-hybridized carbons (Fsp3) is 0.611. The second-order valence-corrected chi connectivity index (χ2v) is 7.31. The fourth-order valence-corrected chi connectivity index (χ4v) is 4.53. The van der Waals surface area contributed by atoms with Gasteiger partial charge in [0.15, 0.2) is 0 Å². The Morgan fingerprint density at radius 1 is 1.45 bits per heavy atom. The van der Waals surface area contributed by atoms with Gasteiger partial charge in [-0.3, -0.25) is 9.69 Å². The quantitative estimate of drug-likeness (QED) is 0.930. The highest BCUT2D eigenvalue weighted by Crippen LogP contribution is 2.54. The summed E-state index contributed by atoms with van der Waals surface area (Å²) < 4.78 is 5.89. The smallest absolute Gasteiger partial charge is 0.221 e. The molecule has 0 unspecified atom stereocenters. The largest absolute Gasteiger partial charge is 0.377 e. The Kier molecular flexibility index (Phi) is 4.00. The minimum absolute atomic E-state index is 0.0309. The summed E-state index contributed by atoms with van der Waals surface area (Å²) in [6.07, 6.45) is 1.60. The first-order chi connectivity index (χ1) is 10.4. The van der Waals surface area contributed by atoms with Gasteiger partial charge in [0.05, 0.1) is 6.10 Å². The molecule has 1 aromatic rings. The lowest BCUT2D eigenvalue weighted by Gasteiger charge is -2.58. The van der Waals surface area contributed by atoms with Crippen molar-refractivity contribution in [2.75, 3.05) is 19.0 Å². The number of anilines is 1. The van der Waals surface area contributed by atoms with Gasteiger partial charge in [0.25, 0.3) is 0 Å². The maximum Gasteiger partial charge on any atom is 0.221 e. The Balaban J connectivity index is 1.69. The average Bonchev–Trinajstić information content (AvgIpc) is 2.84. The van der Waals surface area contributed by atoms with Gasteiger partial charge in [0, 0.05) is 43.1 Å². The molecule has 0 radical (unpaired) electrons. The first-order valence-electron chi connectivity index (χ1n) is 8.08. The van der Waals surface area contributed by atoms with Crippen LogP contribution in [-0.4, -0.2) is 36.6 Å². The zero-order chi connectivity index (χ0) is 15.9. The van der Waals surface area contributed by atoms with E-state index in [4.69, 9.17) is 4.74 Å². The predicted molar refractivity (Wildman–Crippen MR) is 87.6 cm³/mol. The number of nitrogens with zero attached hydrogens (tertiary/aromatic N) is 1. The molecule has 1 heterocycles. The summed E-state index contributed by atoms with van der Waals surface area (Å²) in [6.45, 7) is 7.96. The summed E-state index contributed by atoms with van der Waals surface area (Å²) in [5.41, 5.74) is 2.31. The first kappa shape index (κ1) is 15.5. The summed E-state index contributed by atoms with van der Waals surface area (Å²) in [5.74, 6) is 0.634. The van der Waals surface area contributed by atoms with Crippen LogP contribution in [0.4, 0.5) is 5.69 Å². The maximum absolute atomic E-state index is 11.2. The summed E-state index contributed by atoms with van der Waals surface area (Å²) in [5, 5.41) is 2.85. The third kappa shape index (κ3) is 2.66. The highest BCUT2D eigenvalue weighted by Gasteiger charge is 2.60. The van der Waals surface area contributed by atoms with Gasteiger partial charge in [0.1, 0.15) is 0 Å². The van der Waals surface area contributed by atoms with Gasteiger partial charge in [-0.25, -0.2) is 0 Å². The molecule has 1 aliphatic carbocycles. The van der Waals surface area contributed by atoms with Gasteiger partial charge in [-0.05, 0) is 31.2 Å². The summed E-state index contributed by atoms with van der Waals surface area (Å²) in [7, 11) is 2.20. The molecule has 2 fully saturated rings. The van der Waals surface area contributed by atoms with Crippen molar-refractivity contribution in [3.05, 3.63) is 29.8 Å². The molecule has 1 amide bonds. The Morgan fingerprint density at radius 3 is 2.95 bits per heavy atom. The lowest BCUT2D eigenvalue weighted by Crippen LogP contribution is -2.65. The van der Waals surface area contributed by atoms with E-state index in [9.17, 15) is 4.79 Å². The summed E-state index contributed by atoms with van der Waals surface area (Å²) >= 11 is 0. The Morgan fingerprint density at radius 2 is 2.23 bits per heavy atom. The van der Waals surface area contributed by atoms with Crippen molar-refractivity contribution in [3.63, 3.8) is 0 Å². The van der Waals surface area contributed by atoms with Crippen molar-refractivity contribution in [2.24, 2.45) is 11.3 Å². The van der Waals surface area contributed by atoms with E-state index in [2.05, 4.69) is 43.2 Å². The fourth-order valence-electron chi connectivity index (χ4n) is 4.53. The number of nitrogens with one attached hydrogen (secondary N) is 1. The number of amides is 1. The van der Waals surface area contributed by atoms with E-state index in [1.165, 1.54) is 18.9 Å². The van der Waals surface area contributed by atoms with Gasteiger partial charge in [-0.15, -0.1) is 0 Å². The van der Waals surface area contributed by atoms with Gasteiger partial charge in [0.2, 0.25) is 5.91 Å². The minimum atomic E-state index is -0.0309. The van der Waals surface area contributed by atoms with Gasteiger partial charge < -0.3 is 10.1 Å². The molecule has 2 aliphatic rings. The molecular weight excluding hydrogens is 276 g/mol. The molecule has 3 atom stereocenters. The number of carbonyl (C=O) groups is 1. The van der Waals surface area contributed by atoms with Crippen molar-refractivity contribution in [2.45, 2.75) is 45.9 Å². The molecule has 0 aromatic heterocycles. The van der Waals surface area contributed by atoms with Crippen LogP contribution in [0, 0.1) is 11.3 Å². The van der Waals surface area contributed by atoms with E-state index in [1.54, 1.807) is 0 Å². The second-order valence-electron chi connectivity index (χ2n) is 7.31. The molecule has 1 saturated carbocycles. The number of ether oxygens (including phenoxy) is 1. The van der Waals surface area contributed by atoms with E-state index in [0.717, 1.165) is 18.8 Å². The highest BCUT2D eigenvalue weighted by atomic mass is 16.5. The van der Waals surface area contributed by atoms with Gasteiger partial charge in [-0.2, -0.15) is 0 Å². The molecular formula is C18H26N2O2. The van der Waals surface area contributed by atoms with E-state index in [1.807, 2.05) is 12.1 Å². The molecule has 1 saturated heterocycles. The van der Waals surface area contributed by atoms with Crippen molar-refractivity contribution in [3.8, 4) is 0 Å². The molecule has 120 valence electrons. The van der Waals surface area contributed by atoms with Crippen molar-refractivity contribution < 1.29 is 9.53 Å². The third-order valence-corrected chi connectivity index (χ3v) is 5.19. The topological polar surface area (TPSA) is 41.6 Å². The van der Waals surface area contributed by atoms with Crippen molar-refractivity contribution in [1.82, 2.24) is 4.90 Å². The van der Waals surface area contributed by atoms with Crippen LogP contribution in [0.3, 0.4) is 0 Å². The van der Waals surface area contributed by atoms with Gasteiger partial charge >= 0.3 is 0 Å². The summed E-state index contributed by atoms with van der Waals surface area (Å²) in [6, 6.07) is 8.67. The number of rotatable bonds is 4. The molecule has 1 aliphatic heterocycles. The van der Waals surface area contributed by atoms with Crippen molar-refractivity contribution in [1.29, 1.82) is 0 Å². The van der Waals surface area contributed by atoms with Crippen LogP contribution in [0.25, 0.3) is 0 Å². The second kappa shape index (κ2) is 5.67. The minimum Gasteiger partial charge on any atom is -0.377 e. The van der Waals surface area contributed by atoms with E-state index < -0.39 is 0 Å². The monoisotopic (exact) mass is 302 g/mol. The molecule has 1 N–H and O–H groups in total. The zero-order valence-corrected chi connectivity index (χ0v) is 13.9. The first-order valence-corrected chi connectivity index (χ1v) is 8.08. The van der Waals surface area contributed by atoms with Crippen LogP contribution < -0.4 is 5.32 Å². The molecule has 4 nitrogen and oxygen atoms in total. The molecule has 4 heteroatoms. The molecule has 22 heavy (non-hydrogen) atoms. The van der Waals surface area contributed by atoms with E-state index in [-0.39, 0.29) is 11.3 Å². The van der Waals surface area contributed by atoms with Crippen LogP contribution in [0.1, 0.15) is 32.8 Å². The molecule has 3 rings (SSSR count). The van der Waals surface area contributed by atoms with E-state index >= 15 is 0 Å². The van der Waals surface area contributed by atoms with Gasteiger partial charge in [-0.1, -0.05) is 26.0 Å². The maximum atomic E-state index is 11.2. The van der Waals surface area contributed by atoms with Crippen LogP contribution >= 0.6 is 0 Å². The molecule has 0 spiro atoms. The van der Waals surface area contributed by atoms with Crippen LogP contribution in [0.15, 0.2) is 24.3 Å². The van der Waals surface area contributed by atoms with Crippen LogP contribution in [0.5, 0.6) is 0 Å². The SMILES string of the molecule is CC(=O)Nc1cccc(CN(C)[C@@H]2[C@H]3CCO[C@@H]3C2(C)C)c1. The Bertz CT molecular complexity index is 570. The van der Waals surface area contributed by atoms with Crippen LogP contribution in [-0.2, 0) is 16.1 Å². The highest BCUT2D eigenvalue weighted by molar-refractivity contribution is 5.88. The average molecular weight is 302 g/mol. The molecule has 1 aromatic carbocycles. The van der Waals surface area contributed by atoms with Crippen LogP contribution in [0.2, 0.25) is 0 Å². The van der Waals surface area contributed by atoms with Crippen molar-refractivity contribution >= 4 is 11.6 Å². The third-order valence-electron chi connectivity index (χ3n) is 5.19. The van der Waals surface area contributed by atoms with E-state index in [0.29, 0.717) is 18.1 Å². The number of hydrogen-bond acceptors (Lipinski definition) is 3. The normalized spacial score (nSPS) is 29.0. The number of fused-ring (bicyclic) bond motifs is 1. The predicted octanol–water partition coefficient (Wildman–Crippen LogP) is 2.89. The molecule has 0 bridgehead atoms. The number of carbonyl (C=O) groups excluding carboxylic acids is 1. The number of hydrogen-bond donors (Lipinski definition) is 1. The lowest BCUT2D eigenvalue weighted by atomic mass is 9.57. The Labute approximate surface area is 132 Å². The Hall–Kier alpha value is -1.39.